The minimum Gasteiger partial charge on any atom is -0.454 e. The van der Waals surface area contributed by atoms with E-state index in [0.717, 1.165) is 6.07 Å². The van der Waals surface area contributed by atoms with Crippen LogP contribution in [0.3, 0.4) is 0 Å². The molecule has 10 heteroatoms. The maximum Gasteiger partial charge on any atom is 0.341 e. The fourth-order valence-corrected chi connectivity index (χ4v) is 2.69. The minimum atomic E-state index is -1.14. The summed E-state index contributed by atoms with van der Waals surface area (Å²) in [5, 5.41) is 13.7. The number of benzene rings is 2. The Morgan fingerprint density at radius 3 is 2.59 bits per heavy atom. The number of hydrogen-bond acceptors (Lipinski definition) is 8. The van der Waals surface area contributed by atoms with E-state index in [-0.39, 0.29) is 18.0 Å². The third kappa shape index (κ3) is 4.37. The Hall–Kier alpha value is -3.82. The lowest BCUT2D eigenvalue weighted by Crippen LogP contribution is -2.30. The van der Waals surface area contributed by atoms with Gasteiger partial charge in [-0.1, -0.05) is 0 Å². The first-order chi connectivity index (χ1) is 13.8. The van der Waals surface area contributed by atoms with Gasteiger partial charge in [-0.3, -0.25) is 14.9 Å². The fraction of sp³-hybridized carbons (Fsp3) is 0.263. The number of ether oxygens (including phenoxy) is 3. The van der Waals surface area contributed by atoms with E-state index in [0.29, 0.717) is 22.9 Å². The van der Waals surface area contributed by atoms with Crippen LogP contribution < -0.4 is 19.7 Å². The van der Waals surface area contributed by atoms with Crippen LogP contribution >= 0.6 is 0 Å². The molecule has 0 spiro atoms. The summed E-state index contributed by atoms with van der Waals surface area (Å²) in [6, 6.07) is 8.75. The topological polar surface area (TPSA) is 120 Å². The second-order valence-electron chi connectivity index (χ2n) is 6.46. The van der Waals surface area contributed by atoms with Crippen LogP contribution in [0.2, 0.25) is 0 Å². The highest BCUT2D eigenvalue weighted by Crippen LogP contribution is 2.34. The van der Waals surface area contributed by atoms with Crippen molar-refractivity contribution < 1.29 is 28.7 Å². The second-order valence-corrected chi connectivity index (χ2v) is 6.46. The summed E-state index contributed by atoms with van der Waals surface area (Å²) in [6.45, 7) is 1.52. The first-order valence-electron chi connectivity index (χ1n) is 8.63. The van der Waals surface area contributed by atoms with Crippen molar-refractivity contribution in [2.24, 2.45) is 0 Å². The van der Waals surface area contributed by atoms with Gasteiger partial charge in [0.05, 0.1) is 16.2 Å². The largest absolute Gasteiger partial charge is 0.454 e. The summed E-state index contributed by atoms with van der Waals surface area (Å²) in [7, 11) is 3.38. The predicted molar refractivity (Wildman–Crippen MR) is 103 cm³/mol. The van der Waals surface area contributed by atoms with Gasteiger partial charge in [0.1, 0.15) is 0 Å². The van der Waals surface area contributed by atoms with E-state index in [1.54, 1.807) is 37.2 Å². The normalized spacial score (nSPS) is 12.8. The lowest BCUT2D eigenvalue weighted by molar-refractivity contribution is -0.384. The van der Waals surface area contributed by atoms with Gasteiger partial charge < -0.3 is 24.4 Å². The molecule has 29 heavy (non-hydrogen) atoms. The zero-order valence-corrected chi connectivity index (χ0v) is 16.0. The number of anilines is 2. The molecule has 0 unspecified atom stereocenters. The number of rotatable bonds is 6. The summed E-state index contributed by atoms with van der Waals surface area (Å²) in [5.41, 5.74) is 0.627. The molecule has 1 aliphatic heterocycles. The summed E-state index contributed by atoms with van der Waals surface area (Å²) in [6.07, 6.45) is -1.14. The third-order valence-corrected chi connectivity index (χ3v) is 4.19. The van der Waals surface area contributed by atoms with E-state index in [2.05, 4.69) is 5.32 Å². The summed E-state index contributed by atoms with van der Waals surface area (Å²) < 4.78 is 15.7. The molecule has 0 fully saturated rings. The van der Waals surface area contributed by atoms with Gasteiger partial charge in [-0.25, -0.2) is 4.79 Å². The zero-order valence-electron chi connectivity index (χ0n) is 16.0. The predicted octanol–water partition coefficient (Wildman–Crippen LogP) is 2.57. The standard InChI is InChI=1S/C19H19N3O7/c1-11(18(23)20-12-4-7-16-17(8-12)28-10-27-16)29-19(24)14-9-13(22(25)26)5-6-15(14)21(2)3/h4-9,11H,10H2,1-3H3,(H,20,23)/t11-/m0/s1. The Morgan fingerprint density at radius 1 is 1.17 bits per heavy atom. The molecule has 0 aliphatic carbocycles. The molecule has 1 aliphatic rings. The molecule has 1 amide bonds. The number of amides is 1. The van der Waals surface area contributed by atoms with Crippen molar-refractivity contribution >= 4 is 28.9 Å². The SMILES string of the molecule is C[C@H](OC(=O)c1cc([N+](=O)[O-])ccc1N(C)C)C(=O)Nc1ccc2c(c1)OCO2. The molecule has 0 aromatic heterocycles. The van der Waals surface area contributed by atoms with Gasteiger partial charge in [-0.05, 0) is 25.1 Å². The lowest BCUT2D eigenvalue weighted by Gasteiger charge is -2.18. The number of nitro benzene ring substituents is 1. The molecule has 1 heterocycles. The summed E-state index contributed by atoms with van der Waals surface area (Å²) >= 11 is 0. The van der Waals surface area contributed by atoms with Crippen molar-refractivity contribution in [1.82, 2.24) is 0 Å². The number of nitrogens with zero attached hydrogens (tertiary/aromatic N) is 2. The zero-order chi connectivity index (χ0) is 21.1. The van der Waals surface area contributed by atoms with Crippen LogP contribution in [0.15, 0.2) is 36.4 Å². The monoisotopic (exact) mass is 401 g/mol. The number of hydrogen-bond donors (Lipinski definition) is 1. The van der Waals surface area contributed by atoms with Gasteiger partial charge >= 0.3 is 5.97 Å². The van der Waals surface area contributed by atoms with Crippen LogP contribution in [0.1, 0.15) is 17.3 Å². The van der Waals surface area contributed by atoms with Crippen molar-refractivity contribution in [3.63, 3.8) is 0 Å². The van der Waals surface area contributed by atoms with Gasteiger partial charge in [-0.2, -0.15) is 0 Å². The molecular weight excluding hydrogens is 382 g/mol. The second kappa shape index (κ2) is 8.05. The number of nitrogens with one attached hydrogen (secondary N) is 1. The molecule has 2 aromatic carbocycles. The Labute approximate surface area is 166 Å². The van der Waals surface area contributed by atoms with Crippen LogP contribution in [0.25, 0.3) is 0 Å². The highest BCUT2D eigenvalue weighted by atomic mass is 16.7. The number of fused-ring (bicyclic) bond motifs is 1. The van der Waals surface area contributed by atoms with E-state index < -0.39 is 22.9 Å². The Bertz CT molecular complexity index is 974. The van der Waals surface area contributed by atoms with Crippen LogP contribution in [-0.4, -0.2) is 43.8 Å². The Morgan fingerprint density at radius 2 is 1.90 bits per heavy atom. The van der Waals surface area contributed by atoms with Crippen molar-refractivity contribution in [3.8, 4) is 11.5 Å². The first-order valence-corrected chi connectivity index (χ1v) is 8.63. The highest BCUT2D eigenvalue weighted by Gasteiger charge is 2.24. The van der Waals surface area contributed by atoms with Crippen LogP contribution in [0.4, 0.5) is 17.1 Å². The maximum absolute atomic E-state index is 12.6. The molecule has 0 saturated heterocycles. The molecule has 0 radical (unpaired) electrons. The molecule has 152 valence electrons. The minimum absolute atomic E-state index is 0.00747. The van der Waals surface area contributed by atoms with Gasteiger partial charge in [0, 0.05) is 38.0 Å². The van der Waals surface area contributed by atoms with Crippen LogP contribution in [0.5, 0.6) is 11.5 Å². The van der Waals surface area contributed by atoms with Crippen LogP contribution in [-0.2, 0) is 9.53 Å². The van der Waals surface area contributed by atoms with E-state index in [4.69, 9.17) is 14.2 Å². The molecule has 0 bridgehead atoms. The van der Waals surface area contributed by atoms with Gasteiger partial charge in [-0.15, -0.1) is 0 Å². The summed E-state index contributed by atoms with van der Waals surface area (Å²) in [5.74, 6) is -0.330. The van der Waals surface area contributed by atoms with E-state index in [1.807, 2.05) is 0 Å². The van der Waals surface area contributed by atoms with Crippen molar-refractivity contribution in [2.45, 2.75) is 13.0 Å². The number of nitro groups is 1. The highest BCUT2D eigenvalue weighted by molar-refractivity contribution is 6.00. The van der Waals surface area contributed by atoms with Crippen molar-refractivity contribution in [2.75, 3.05) is 31.1 Å². The average molecular weight is 401 g/mol. The third-order valence-electron chi connectivity index (χ3n) is 4.19. The molecule has 2 aromatic rings. The average Bonchev–Trinajstić information content (AvgIpc) is 3.15. The number of carbonyl (C=O) groups is 2. The van der Waals surface area contributed by atoms with Gasteiger partial charge in [0.25, 0.3) is 11.6 Å². The van der Waals surface area contributed by atoms with E-state index in [9.17, 15) is 19.7 Å². The lowest BCUT2D eigenvalue weighted by atomic mass is 10.1. The number of non-ortho nitro benzene ring substituents is 1. The molecule has 1 atom stereocenters. The molecule has 1 N–H and O–H groups in total. The van der Waals surface area contributed by atoms with Crippen molar-refractivity contribution in [3.05, 3.63) is 52.1 Å². The first kappa shape index (κ1) is 19.9. The molecule has 10 nitrogen and oxygen atoms in total. The maximum atomic E-state index is 12.6. The molecule has 0 saturated carbocycles. The van der Waals surface area contributed by atoms with E-state index >= 15 is 0 Å². The molecular formula is C19H19N3O7. The smallest absolute Gasteiger partial charge is 0.341 e. The van der Waals surface area contributed by atoms with Gasteiger partial charge in [0.2, 0.25) is 6.79 Å². The fourth-order valence-electron chi connectivity index (χ4n) is 2.69. The van der Waals surface area contributed by atoms with Crippen LogP contribution in [0, 0.1) is 10.1 Å². The number of carbonyl (C=O) groups excluding carboxylic acids is 2. The quantitative estimate of drug-likeness (QED) is 0.445. The van der Waals surface area contributed by atoms with Gasteiger partial charge in [0.15, 0.2) is 17.6 Å². The van der Waals surface area contributed by atoms with Crippen molar-refractivity contribution in [1.29, 1.82) is 0 Å². The Balaban J connectivity index is 1.72. The van der Waals surface area contributed by atoms with E-state index in [1.165, 1.54) is 19.1 Å². The molecule has 3 rings (SSSR count). The Kier molecular flexibility index (Phi) is 5.53. The summed E-state index contributed by atoms with van der Waals surface area (Å²) in [4.78, 5) is 37.0. The number of esters is 1.